The van der Waals surface area contributed by atoms with E-state index in [1.54, 1.807) is 0 Å². The van der Waals surface area contributed by atoms with Gasteiger partial charge < -0.3 is 5.11 Å². The van der Waals surface area contributed by atoms with Crippen LogP contribution in [0.1, 0.15) is 46.0 Å². The molecule has 0 amide bonds. The molecule has 0 aromatic rings. The summed E-state index contributed by atoms with van der Waals surface area (Å²) in [7, 11) is 0. The van der Waals surface area contributed by atoms with E-state index >= 15 is 0 Å². The lowest BCUT2D eigenvalue weighted by Gasteiger charge is -2.39. The third-order valence-electron chi connectivity index (χ3n) is 3.29. The summed E-state index contributed by atoms with van der Waals surface area (Å²) in [6, 6.07) is 1.34. The Kier molecular flexibility index (Phi) is 4.74. The van der Waals surface area contributed by atoms with Gasteiger partial charge in [0.05, 0.1) is 0 Å². The molecule has 1 aliphatic heterocycles. The van der Waals surface area contributed by atoms with Crippen molar-refractivity contribution in [3.63, 3.8) is 0 Å². The Morgan fingerprint density at radius 2 is 2.23 bits per heavy atom. The van der Waals surface area contributed by atoms with Crippen molar-refractivity contribution in [2.45, 2.75) is 58.0 Å². The van der Waals surface area contributed by atoms with Crippen molar-refractivity contribution < 1.29 is 5.11 Å². The second-order valence-corrected chi connectivity index (χ2v) is 4.16. The minimum absolute atomic E-state index is 0.345. The fourth-order valence-electron chi connectivity index (χ4n) is 2.30. The molecular formula is C11H23NO. The molecule has 2 atom stereocenters. The van der Waals surface area contributed by atoms with Gasteiger partial charge in [0.2, 0.25) is 0 Å². The largest absolute Gasteiger partial charge is 0.396 e. The lowest BCUT2D eigenvalue weighted by Crippen LogP contribution is -2.45. The molecule has 1 heterocycles. The van der Waals surface area contributed by atoms with Gasteiger partial charge in [0.25, 0.3) is 0 Å². The first-order chi connectivity index (χ1) is 6.29. The van der Waals surface area contributed by atoms with Gasteiger partial charge in [0.15, 0.2) is 0 Å². The van der Waals surface area contributed by atoms with Gasteiger partial charge in [-0.25, -0.2) is 0 Å². The average molecular weight is 185 g/mol. The standard InChI is InChI=1S/C11H23NO/c1-3-10(2)12-8-5-4-6-11(12)7-9-13/h10-11,13H,3-9H2,1-2H3. The molecule has 0 aromatic carbocycles. The second kappa shape index (κ2) is 5.61. The zero-order valence-electron chi connectivity index (χ0n) is 9.00. The molecule has 2 nitrogen and oxygen atoms in total. The Bertz CT molecular complexity index is 136. The molecule has 78 valence electrons. The maximum atomic E-state index is 8.96. The first kappa shape index (κ1) is 11.0. The predicted molar refractivity (Wildman–Crippen MR) is 55.8 cm³/mol. The van der Waals surface area contributed by atoms with E-state index in [0.29, 0.717) is 18.7 Å². The summed E-state index contributed by atoms with van der Waals surface area (Å²) < 4.78 is 0. The predicted octanol–water partition coefficient (Wildman–Crippen LogP) is 2.02. The van der Waals surface area contributed by atoms with Crippen LogP contribution in [0, 0.1) is 0 Å². The number of nitrogens with zero attached hydrogens (tertiary/aromatic N) is 1. The lowest BCUT2D eigenvalue weighted by atomic mass is 9.97. The third kappa shape index (κ3) is 2.96. The van der Waals surface area contributed by atoms with Crippen LogP contribution < -0.4 is 0 Å². The highest BCUT2D eigenvalue weighted by atomic mass is 16.3. The van der Waals surface area contributed by atoms with Crippen LogP contribution in [0.25, 0.3) is 0 Å². The number of aliphatic hydroxyl groups excluding tert-OH is 1. The highest BCUT2D eigenvalue weighted by Gasteiger charge is 2.24. The third-order valence-corrected chi connectivity index (χ3v) is 3.29. The molecule has 1 saturated heterocycles. The number of rotatable bonds is 4. The summed E-state index contributed by atoms with van der Waals surface area (Å²) in [6.07, 6.45) is 6.15. The Morgan fingerprint density at radius 1 is 1.46 bits per heavy atom. The molecule has 1 N–H and O–H groups in total. The van der Waals surface area contributed by atoms with Crippen LogP contribution in [0.4, 0.5) is 0 Å². The number of piperidine rings is 1. The van der Waals surface area contributed by atoms with Gasteiger partial charge in [0.1, 0.15) is 0 Å². The van der Waals surface area contributed by atoms with E-state index in [1.165, 1.54) is 32.2 Å². The maximum absolute atomic E-state index is 8.96. The van der Waals surface area contributed by atoms with Gasteiger partial charge in [-0.05, 0) is 39.2 Å². The minimum Gasteiger partial charge on any atom is -0.396 e. The van der Waals surface area contributed by atoms with Gasteiger partial charge in [-0.3, -0.25) is 4.90 Å². The quantitative estimate of drug-likeness (QED) is 0.724. The summed E-state index contributed by atoms with van der Waals surface area (Å²) in [5.41, 5.74) is 0. The molecule has 0 spiro atoms. The zero-order valence-corrected chi connectivity index (χ0v) is 9.00. The molecule has 1 fully saturated rings. The van der Waals surface area contributed by atoms with Crippen molar-refractivity contribution in [3.05, 3.63) is 0 Å². The van der Waals surface area contributed by atoms with Crippen molar-refractivity contribution in [2.24, 2.45) is 0 Å². The molecule has 1 aliphatic rings. The van der Waals surface area contributed by atoms with E-state index < -0.39 is 0 Å². The summed E-state index contributed by atoms with van der Waals surface area (Å²) in [5.74, 6) is 0. The molecule has 1 rings (SSSR count). The van der Waals surface area contributed by atoms with Crippen LogP contribution in [0.5, 0.6) is 0 Å². The first-order valence-corrected chi connectivity index (χ1v) is 5.66. The molecule has 2 heteroatoms. The van der Waals surface area contributed by atoms with Crippen LogP contribution in [0.2, 0.25) is 0 Å². The van der Waals surface area contributed by atoms with E-state index in [-0.39, 0.29) is 0 Å². The number of likely N-dealkylation sites (tertiary alicyclic amines) is 1. The first-order valence-electron chi connectivity index (χ1n) is 5.66. The van der Waals surface area contributed by atoms with Gasteiger partial charge in [-0.1, -0.05) is 13.3 Å². The van der Waals surface area contributed by atoms with Crippen molar-refractivity contribution in [1.29, 1.82) is 0 Å². The Labute approximate surface area is 81.9 Å². The maximum Gasteiger partial charge on any atom is 0.0445 e. The van der Waals surface area contributed by atoms with E-state index in [0.717, 1.165) is 6.42 Å². The summed E-state index contributed by atoms with van der Waals surface area (Å²) >= 11 is 0. The SMILES string of the molecule is CCC(C)N1CCCCC1CCO. The summed E-state index contributed by atoms with van der Waals surface area (Å²) in [6.45, 7) is 6.13. The van der Waals surface area contributed by atoms with E-state index in [1.807, 2.05) is 0 Å². The van der Waals surface area contributed by atoms with Gasteiger partial charge in [0, 0.05) is 18.7 Å². The number of hydrogen-bond donors (Lipinski definition) is 1. The van der Waals surface area contributed by atoms with Crippen LogP contribution in [-0.2, 0) is 0 Å². The average Bonchev–Trinajstić information content (AvgIpc) is 2.18. The minimum atomic E-state index is 0.345. The fraction of sp³-hybridized carbons (Fsp3) is 1.00. The van der Waals surface area contributed by atoms with E-state index in [4.69, 9.17) is 5.11 Å². The molecule has 0 aromatic heterocycles. The van der Waals surface area contributed by atoms with Gasteiger partial charge in [-0.15, -0.1) is 0 Å². The van der Waals surface area contributed by atoms with Crippen molar-refractivity contribution in [3.8, 4) is 0 Å². The molecule has 0 saturated carbocycles. The van der Waals surface area contributed by atoms with Crippen LogP contribution in [0.15, 0.2) is 0 Å². The summed E-state index contributed by atoms with van der Waals surface area (Å²) in [4.78, 5) is 2.58. The molecule has 13 heavy (non-hydrogen) atoms. The van der Waals surface area contributed by atoms with Crippen LogP contribution in [-0.4, -0.2) is 35.2 Å². The van der Waals surface area contributed by atoms with Crippen molar-refractivity contribution >= 4 is 0 Å². The molecular weight excluding hydrogens is 162 g/mol. The van der Waals surface area contributed by atoms with Gasteiger partial charge >= 0.3 is 0 Å². The number of aliphatic hydroxyl groups is 1. The Hall–Kier alpha value is -0.0800. The van der Waals surface area contributed by atoms with E-state index in [9.17, 15) is 0 Å². The smallest absolute Gasteiger partial charge is 0.0445 e. The van der Waals surface area contributed by atoms with Crippen LogP contribution >= 0.6 is 0 Å². The molecule has 2 unspecified atom stereocenters. The highest BCUT2D eigenvalue weighted by Crippen LogP contribution is 2.22. The van der Waals surface area contributed by atoms with Crippen LogP contribution in [0.3, 0.4) is 0 Å². The zero-order chi connectivity index (χ0) is 9.68. The fourth-order valence-corrected chi connectivity index (χ4v) is 2.30. The molecule has 0 aliphatic carbocycles. The van der Waals surface area contributed by atoms with E-state index in [2.05, 4.69) is 18.7 Å². The lowest BCUT2D eigenvalue weighted by molar-refractivity contribution is 0.0811. The second-order valence-electron chi connectivity index (χ2n) is 4.16. The Balaban J connectivity index is 2.45. The van der Waals surface area contributed by atoms with Gasteiger partial charge in [-0.2, -0.15) is 0 Å². The molecule has 0 bridgehead atoms. The Morgan fingerprint density at radius 3 is 2.85 bits per heavy atom. The monoisotopic (exact) mass is 185 g/mol. The molecule has 0 radical (unpaired) electrons. The highest BCUT2D eigenvalue weighted by molar-refractivity contribution is 4.80. The topological polar surface area (TPSA) is 23.5 Å². The summed E-state index contributed by atoms with van der Waals surface area (Å²) in [5, 5.41) is 8.96. The van der Waals surface area contributed by atoms with Crippen molar-refractivity contribution in [2.75, 3.05) is 13.2 Å². The number of hydrogen-bond acceptors (Lipinski definition) is 2. The normalized spacial score (nSPS) is 27.5. The van der Waals surface area contributed by atoms with Crippen molar-refractivity contribution in [1.82, 2.24) is 4.90 Å².